The van der Waals surface area contributed by atoms with Gasteiger partial charge in [-0.3, -0.25) is 28.7 Å². The van der Waals surface area contributed by atoms with Crippen LogP contribution >= 0.6 is 0 Å². The average Bonchev–Trinajstić information content (AvgIpc) is 3.32. The summed E-state index contributed by atoms with van der Waals surface area (Å²) in [6.07, 6.45) is -1.59. The molecule has 0 saturated carbocycles. The van der Waals surface area contributed by atoms with Gasteiger partial charge in [0, 0.05) is 33.4 Å². The number of esters is 2. The van der Waals surface area contributed by atoms with Crippen LogP contribution in [-0.4, -0.2) is 68.8 Å². The van der Waals surface area contributed by atoms with Crippen LogP contribution in [0.2, 0.25) is 0 Å². The zero-order valence-corrected chi connectivity index (χ0v) is 20.5. The Labute approximate surface area is 201 Å². The number of carbonyl (C=O) groups is 3. The molecule has 3 rings (SSSR count). The minimum Gasteiger partial charge on any atom is -0.456 e. The van der Waals surface area contributed by atoms with Gasteiger partial charge in [0.05, 0.1) is 6.33 Å². The van der Waals surface area contributed by atoms with E-state index >= 15 is 0 Å². The van der Waals surface area contributed by atoms with E-state index in [2.05, 4.69) is 25.6 Å². The summed E-state index contributed by atoms with van der Waals surface area (Å²) in [4.78, 5) is 59.7. The first-order valence-corrected chi connectivity index (χ1v) is 11.6. The van der Waals surface area contributed by atoms with Crippen LogP contribution in [0, 0.1) is 5.92 Å². The van der Waals surface area contributed by atoms with Gasteiger partial charge in [0.15, 0.2) is 29.6 Å². The molecular formula is C22H32N6O7. The highest BCUT2D eigenvalue weighted by Gasteiger charge is 2.50. The van der Waals surface area contributed by atoms with Gasteiger partial charge in [0.2, 0.25) is 11.9 Å². The van der Waals surface area contributed by atoms with Crippen molar-refractivity contribution in [3.8, 4) is 0 Å². The molecule has 1 amide bonds. The van der Waals surface area contributed by atoms with Gasteiger partial charge in [-0.1, -0.05) is 20.8 Å². The lowest BCUT2D eigenvalue weighted by Gasteiger charge is -2.24. The highest BCUT2D eigenvalue weighted by molar-refractivity contribution is 5.76. The minimum atomic E-state index is -1.07. The summed E-state index contributed by atoms with van der Waals surface area (Å²) < 4.78 is 18.5. The summed E-state index contributed by atoms with van der Waals surface area (Å²) >= 11 is 0. The number of aromatic nitrogens is 4. The van der Waals surface area contributed by atoms with Gasteiger partial charge in [0.1, 0.15) is 6.10 Å². The Morgan fingerprint density at radius 2 is 1.89 bits per heavy atom. The highest BCUT2D eigenvalue weighted by Crippen LogP contribution is 2.35. The molecule has 13 nitrogen and oxygen atoms in total. The molecule has 4 atom stereocenters. The summed E-state index contributed by atoms with van der Waals surface area (Å²) in [5.74, 6) is -0.856. The van der Waals surface area contributed by atoms with Crippen molar-refractivity contribution >= 4 is 35.0 Å². The van der Waals surface area contributed by atoms with Crippen molar-refractivity contribution in [1.29, 1.82) is 0 Å². The molecule has 0 radical (unpaired) electrons. The molecular weight excluding hydrogens is 460 g/mol. The number of imidazole rings is 1. The van der Waals surface area contributed by atoms with Gasteiger partial charge >= 0.3 is 11.9 Å². The van der Waals surface area contributed by atoms with Crippen molar-refractivity contribution in [2.24, 2.45) is 5.92 Å². The predicted octanol–water partition coefficient (Wildman–Crippen LogP) is 0.865. The van der Waals surface area contributed by atoms with Crippen LogP contribution in [-0.2, 0) is 28.6 Å². The number of nitrogens with one attached hydrogen (secondary N) is 3. The van der Waals surface area contributed by atoms with Crippen LogP contribution in [0.25, 0.3) is 11.2 Å². The Bertz CT molecular complexity index is 1130. The quantitative estimate of drug-likeness (QED) is 0.405. The number of fused-ring (bicyclic) bond motifs is 1. The van der Waals surface area contributed by atoms with E-state index in [-0.39, 0.29) is 29.6 Å². The minimum absolute atomic E-state index is 0.0207. The maximum absolute atomic E-state index is 12.6. The van der Waals surface area contributed by atoms with Crippen LogP contribution in [0.3, 0.4) is 0 Å². The number of nitrogens with zero attached hydrogens (tertiary/aromatic N) is 3. The normalized spacial score (nSPS) is 21.8. The van der Waals surface area contributed by atoms with Crippen molar-refractivity contribution in [2.75, 3.05) is 18.4 Å². The third-order valence-electron chi connectivity index (χ3n) is 5.25. The number of hydrogen-bond donors (Lipinski definition) is 3. The zero-order chi connectivity index (χ0) is 25.7. The van der Waals surface area contributed by atoms with Crippen LogP contribution < -0.4 is 16.2 Å². The topological polar surface area (TPSA) is 167 Å². The number of carbonyl (C=O) groups excluding carboxylic acids is 3. The zero-order valence-electron chi connectivity index (χ0n) is 20.5. The molecule has 1 saturated heterocycles. The Kier molecular flexibility index (Phi) is 8.43. The molecule has 3 N–H and O–H groups in total. The summed E-state index contributed by atoms with van der Waals surface area (Å²) in [6, 6.07) is 0. The number of ether oxygens (including phenoxy) is 3. The third-order valence-corrected chi connectivity index (χ3v) is 5.25. The molecule has 0 aromatic carbocycles. The van der Waals surface area contributed by atoms with Crippen molar-refractivity contribution in [2.45, 2.75) is 72.0 Å². The molecule has 1 fully saturated rings. The lowest BCUT2D eigenvalue weighted by Crippen LogP contribution is -2.43. The number of aromatic amines is 1. The SMILES string of the molecule is CCCC(=O)NC[C@H]1O[C@@H](n2cnc3c(=O)[nH]c(NCC(C)C)nc32)[C@H](OC(C)=O)[C@@H]1OC(C)=O. The molecule has 2 aromatic heterocycles. The van der Waals surface area contributed by atoms with Gasteiger partial charge in [-0.25, -0.2) is 4.98 Å². The fraction of sp³-hybridized carbons (Fsp3) is 0.636. The Morgan fingerprint density at radius 1 is 1.20 bits per heavy atom. The second kappa shape index (κ2) is 11.3. The monoisotopic (exact) mass is 492 g/mol. The summed E-state index contributed by atoms with van der Waals surface area (Å²) in [7, 11) is 0. The molecule has 0 aliphatic carbocycles. The molecule has 1 aliphatic heterocycles. The molecule has 0 unspecified atom stereocenters. The second-order valence-electron chi connectivity index (χ2n) is 8.78. The Balaban J connectivity index is 1.99. The van der Waals surface area contributed by atoms with Crippen molar-refractivity contribution in [1.82, 2.24) is 24.8 Å². The number of amides is 1. The maximum Gasteiger partial charge on any atom is 0.303 e. The maximum atomic E-state index is 12.6. The standard InChI is InChI=1S/C22H32N6O7/c1-6-7-15(31)23-9-14-17(33-12(4)29)18(34-13(5)30)21(35-14)28-10-25-16-19(28)26-22(27-20(16)32)24-8-11(2)3/h10-11,14,17-18,21H,6-9H2,1-5H3,(H,23,31)(H2,24,26,27,32)/t14-,17-,18-,21-/m1/s1. The Morgan fingerprint density at radius 3 is 2.51 bits per heavy atom. The largest absolute Gasteiger partial charge is 0.456 e. The summed E-state index contributed by atoms with van der Waals surface area (Å²) in [5, 5.41) is 5.82. The van der Waals surface area contributed by atoms with Gasteiger partial charge in [-0.15, -0.1) is 0 Å². The average molecular weight is 493 g/mol. The first-order valence-electron chi connectivity index (χ1n) is 11.6. The highest BCUT2D eigenvalue weighted by atomic mass is 16.6. The number of hydrogen-bond acceptors (Lipinski definition) is 10. The van der Waals surface area contributed by atoms with E-state index in [1.807, 2.05) is 20.8 Å². The van der Waals surface area contributed by atoms with E-state index in [1.54, 1.807) is 0 Å². The lowest BCUT2D eigenvalue weighted by atomic mass is 10.1. The van der Waals surface area contributed by atoms with Crippen molar-refractivity contribution < 1.29 is 28.6 Å². The molecule has 1 aliphatic rings. The van der Waals surface area contributed by atoms with Crippen LogP contribution in [0.15, 0.2) is 11.1 Å². The van der Waals surface area contributed by atoms with Crippen molar-refractivity contribution in [3.63, 3.8) is 0 Å². The molecule has 2 aromatic rings. The molecule has 0 spiro atoms. The molecule has 35 heavy (non-hydrogen) atoms. The molecule has 13 heteroatoms. The van der Waals surface area contributed by atoms with Gasteiger partial charge < -0.3 is 24.8 Å². The molecule has 192 valence electrons. The van der Waals surface area contributed by atoms with E-state index in [9.17, 15) is 19.2 Å². The predicted molar refractivity (Wildman–Crippen MR) is 124 cm³/mol. The van der Waals surface area contributed by atoms with E-state index in [0.717, 1.165) is 0 Å². The summed E-state index contributed by atoms with van der Waals surface area (Å²) in [6.45, 7) is 8.95. The van der Waals surface area contributed by atoms with Crippen molar-refractivity contribution in [3.05, 3.63) is 16.7 Å². The smallest absolute Gasteiger partial charge is 0.303 e. The lowest BCUT2D eigenvalue weighted by molar-refractivity contribution is -0.165. The first kappa shape index (κ1) is 26.1. The first-order chi connectivity index (χ1) is 16.6. The van der Waals surface area contributed by atoms with Gasteiger partial charge in [0.25, 0.3) is 5.56 Å². The van der Waals surface area contributed by atoms with E-state index in [1.165, 1.54) is 24.7 Å². The molecule has 3 heterocycles. The van der Waals surface area contributed by atoms with E-state index < -0.39 is 42.0 Å². The van der Waals surface area contributed by atoms with Crippen LogP contribution in [0.5, 0.6) is 0 Å². The number of H-pyrrole nitrogens is 1. The van der Waals surface area contributed by atoms with Crippen LogP contribution in [0.1, 0.15) is 53.7 Å². The number of rotatable bonds is 10. The van der Waals surface area contributed by atoms with E-state index in [4.69, 9.17) is 14.2 Å². The number of anilines is 1. The Hall–Kier alpha value is -3.48. The van der Waals surface area contributed by atoms with E-state index in [0.29, 0.717) is 25.3 Å². The fourth-order valence-electron chi connectivity index (χ4n) is 3.77. The fourth-order valence-corrected chi connectivity index (χ4v) is 3.77. The van der Waals surface area contributed by atoms with Crippen LogP contribution in [0.4, 0.5) is 5.95 Å². The van der Waals surface area contributed by atoms with Gasteiger partial charge in [-0.2, -0.15) is 4.98 Å². The van der Waals surface area contributed by atoms with Gasteiger partial charge in [-0.05, 0) is 12.3 Å². The summed E-state index contributed by atoms with van der Waals surface area (Å²) in [5.41, 5.74) is -0.199. The third kappa shape index (κ3) is 6.35. The second-order valence-corrected chi connectivity index (χ2v) is 8.78. The molecule has 0 bridgehead atoms.